The Morgan fingerprint density at radius 3 is 2.72 bits per heavy atom. The van der Waals surface area contributed by atoms with Gasteiger partial charge >= 0.3 is 0 Å². The van der Waals surface area contributed by atoms with E-state index in [1.165, 1.54) is 11.3 Å². The number of thiophene rings is 1. The van der Waals surface area contributed by atoms with Crippen LogP contribution in [0.15, 0.2) is 36.5 Å². The van der Waals surface area contributed by atoms with Gasteiger partial charge in [0, 0.05) is 57.6 Å². The van der Waals surface area contributed by atoms with Crippen LogP contribution in [-0.2, 0) is 20.7 Å². The van der Waals surface area contributed by atoms with Crippen LogP contribution in [0, 0.1) is 5.92 Å². The molecule has 10 heteroatoms. The zero-order valence-corrected chi connectivity index (χ0v) is 22.3. The van der Waals surface area contributed by atoms with E-state index < -0.39 is 6.04 Å². The molecule has 0 bridgehead atoms. The average molecular weight is 535 g/mol. The smallest absolute Gasteiger partial charge is 0.261 e. The monoisotopic (exact) mass is 534 g/mol. The van der Waals surface area contributed by atoms with Gasteiger partial charge in [0.05, 0.1) is 10.9 Å². The molecule has 0 aromatic carbocycles. The van der Waals surface area contributed by atoms with Crippen molar-refractivity contribution in [1.29, 1.82) is 0 Å². The summed E-state index contributed by atoms with van der Waals surface area (Å²) in [7, 11) is 1.56. The van der Waals surface area contributed by atoms with E-state index in [2.05, 4.69) is 16.4 Å². The normalized spacial score (nSPS) is 22.6. The van der Waals surface area contributed by atoms with E-state index in [1.54, 1.807) is 24.1 Å². The second-order valence-electron chi connectivity index (χ2n) is 9.43. The molecule has 0 unspecified atom stereocenters. The molecule has 1 atom stereocenters. The molecule has 0 spiro atoms. The molecule has 2 amide bonds. The number of halogens is 1. The third-order valence-corrected chi connectivity index (χ3v) is 8.12. The van der Waals surface area contributed by atoms with Crippen molar-refractivity contribution in [2.24, 2.45) is 5.92 Å². The van der Waals surface area contributed by atoms with Crippen LogP contribution in [0.4, 0.5) is 0 Å². The molecule has 196 valence electrons. The van der Waals surface area contributed by atoms with Crippen LogP contribution in [-0.4, -0.2) is 85.2 Å². The minimum Gasteiger partial charge on any atom is -0.474 e. The van der Waals surface area contributed by atoms with Crippen molar-refractivity contribution >= 4 is 34.8 Å². The molecule has 2 fully saturated rings. The number of carbonyl (C=O) groups excluding carboxylic acids is 2. The van der Waals surface area contributed by atoms with Gasteiger partial charge in [0.25, 0.3) is 5.91 Å². The van der Waals surface area contributed by atoms with Gasteiger partial charge in [-0.3, -0.25) is 14.6 Å². The first-order valence-electron chi connectivity index (χ1n) is 12.6. The van der Waals surface area contributed by atoms with Crippen molar-refractivity contribution in [2.45, 2.75) is 44.2 Å². The highest BCUT2D eigenvalue weighted by atomic mass is 35.5. The number of aromatic nitrogens is 1. The predicted octanol–water partition coefficient (Wildman–Crippen LogP) is 3.25. The number of hydrogen-bond acceptors (Lipinski definition) is 7. The lowest BCUT2D eigenvalue weighted by Gasteiger charge is -2.42. The average Bonchev–Trinajstić information content (AvgIpc) is 3.32. The molecule has 1 aliphatic heterocycles. The standard InChI is InChI=1S/C26H35ClN4O4S/c1-34-17-22-26(33)30(14-15-31(22)24(32)18-35-25-10-9-23(27)36-25)16-19-5-7-21(8-6-19)29-13-11-20-4-2-3-12-28-20/h2-4,9-10,12,19,21-22,29H,5-8,11,13-18H2,1H3/t19-,21-,22-/m0/s1. The topological polar surface area (TPSA) is 84.0 Å². The van der Waals surface area contributed by atoms with Crippen molar-refractivity contribution < 1.29 is 19.1 Å². The van der Waals surface area contributed by atoms with Crippen LogP contribution in [0.2, 0.25) is 4.34 Å². The quantitative estimate of drug-likeness (QED) is 0.476. The molecule has 8 nitrogen and oxygen atoms in total. The zero-order valence-electron chi connectivity index (χ0n) is 20.7. The van der Waals surface area contributed by atoms with E-state index in [1.807, 2.05) is 23.2 Å². The molecule has 4 rings (SSSR count). The third-order valence-electron chi connectivity index (χ3n) is 6.98. The SMILES string of the molecule is COC[C@H]1C(=O)N(C[C@H]2CC[C@H](NCCc3ccccn3)CC2)CCN1C(=O)COc1ccc(Cl)s1. The second kappa shape index (κ2) is 13.4. The Kier molecular flexibility index (Phi) is 9.98. The van der Waals surface area contributed by atoms with Crippen LogP contribution in [0.1, 0.15) is 31.4 Å². The van der Waals surface area contributed by atoms with Gasteiger partial charge in [-0.25, -0.2) is 0 Å². The van der Waals surface area contributed by atoms with Crippen LogP contribution < -0.4 is 10.1 Å². The molecule has 1 aliphatic carbocycles. The number of ether oxygens (including phenoxy) is 2. The maximum atomic E-state index is 13.3. The summed E-state index contributed by atoms with van der Waals surface area (Å²) in [5, 5.41) is 4.26. The van der Waals surface area contributed by atoms with E-state index in [0.29, 0.717) is 34.4 Å². The number of piperazine rings is 1. The maximum Gasteiger partial charge on any atom is 0.261 e. The van der Waals surface area contributed by atoms with Crippen LogP contribution in [0.3, 0.4) is 0 Å². The highest BCUT2D eigenvalue weighted by Crippen LogP contribution is 2.29. The summed E-state index contributed by atoms with van der Waals surface area (Å²) in [6.07, 6.45) is 7.20. The summed E-state index contributed by atoms with van der Waals surface area (Å²) in [5.74, 6) is 0.234. The molecular weight excluding hydrogens is 500 g/mol. The summed E-state index contributed by atoms with van der Waals surface area (Å²) in [6.45, 7) is 2.75. The summed E-state index contributed by atoms with van der Waals surface area (Å²) in [4.78, 5) is 34.1. The Morgan fingerprint density at radius 1 is 1.19 bits per heavy atom. The van der Waals surface area contributed by atoms with Crippen molar-refractivity contribution in [3.8, 4) is 5.06 Å². The third kappa shape index (κ3) is 7.41. The Hall–Kier alpha value is -2.20. The van der Waals surface area contributed by atoms with E-state index in [9.17, 15) is 9.59 Å². The minimum atomic E-state index is -0.614. The lowest BCUT2D eigenvalue weighted by molar-refractivity contribution is -0.155. The zero-order chi connectivity index (χ0) is 25.3. The van der Waals surface area contributed by atoms with Crippen molar-refractivity contribution in [3.05, 3.63) is 46.6 Å². The maximum absolute atomic E-state index is 13.3. The number of amides is 2. The highest BCUT2D eigenvalue weighted by Gasteiger charge is 2.38. The predicted molar refractivity (Wildman–Crippen MR) is 140 cm³/mol. The molecule has 3 heterocycles. The molecular formula is C26H35ClN4O4S. The fourth-order valence-corrected chi connectivity index (χ4v) is 5.91. The van der Waals surface area contributed by atoms with Crippen molar-refractivity contribution in [3.63, 3.8) is 0 Å². The van der Waals surface area contributed by atoms with Gasteiger partial charge in [0.1, 0.15) is 6.04 Å². The van der Waals surface area contributed by atoms with Crippen LogP contribution in [0.25, 0.3) is 0 Å². The van der Waals surface area contributed by atoms with E-state index in [-0.39, 0.29) is 25.0 Å². The Labute approximate surface area is 221 Å². The largest absolute Gasteiger partial charge is 0.474 e. The van der Waals surface area contributed by atoms with E-state index in [4.69, 9.17) is 21.1 Å². The first-order chi connectivity index (χ1) is 17.5. The number of methoxy groups -OCH3 is 1. The number of carbonyl (C=O) groups is 2. The Balaban J connectivity index is 1.21. The van der Waals surface area contributed by atoms with Gasteiger partial charge in [-0.2, -0.15) is 0 Å². The van der Waals surface area contributed by atoms with Crippen LogP contribution >= 0.6 is 22.9 Å². The van der Waals surface area contributed by atoms with Crippen LogP contribution in [0.5, 0.6) is 5.06 Å². The molecule has 1 N–H and O–H groups in total. The van der Waals surface area contributed by atoms with Gasteiger partial charge in [0.2, 0.25) is 5.91 Å². The first kappa shape index (κ1) is 26.9. The molecule has 36 heavy (non-hydrogen) atoms. The van der Waals surface area contributed by atoms with Gasteiger partial charge in [-0.05, 0) is 55.9 Å². The van der Waals surface area contributed by atoms with Crippen molar-refractivity contribution in [1.82, 2.24) is 20.1 Å². The Bertz CT molecular complexity index is 983. The number of hydrogen-bond donors (Lipinski definition) is 1. The molecule has 1 saturated carbocycles. The van der Waals surface area contributed by atoms with Gasteiger partial charge in [-0.1, -0.05) is 29.0 Å². The molecule has 2 aliphatic rings. The lowest BCUT2D eigenvalue weighted by Crippen LogP contribution is -2.61. The highest BCUT2D eigenvalue weighted by molar-refractivity contribution is 7.17. The number of rotatable bonds is 11. The number of pyridine rings is 1. The second-order valence-corrected chi connectivity index (χ2v) is 11.1. The molecule has 2 aromatic heterocycles. The summed E-state index contributed by atoms with van der Waals surface area (Å²) in [5.41, 5.74) is 1.11. The fraction of sp³-hybridized carbons (Fsp3) is 0.577. The summed E-state index contributed by atoms with van der Waals surface area (Å²) >= 11 is 7.20. The van der Waals surface area contributed by atoms with Gasteiger partial charge in [0.15, 0.2) is 11.7 Å². The number of nitrogens with zero attached hydrogens (tertiary/aromatic N) is 3. The lowest BCUT2D eigenvalue weighted by atomic mass is 9.85. The fourth-order valence-electron chi connectivity index (χ4n) is 5.04. The van der Waals surface area contributed by atoms with E-state index in [0.717, 1.165) is 50.9 Å². The minimum absolute atomic E-state index is 0.0359. The van der Waals surface area contributed by atoms with Crippen molar-refractivity contribution in [2.75, 3.05) is 46.5 Å². The molecule has 2 aromatic rings. The summed E-state index contributed by atoms with van der Waals surface area (Å²) < 4.78 is 11.5. The van der Waals surface area contributed by atoms with Gasteiger partial charge in [-0.15, -0.1) is 0 Å². The molecule has 1 saturated heterocycles. The number of nitrogens with one attached hydrogen (secondary N) is 1. The van der Waals surface area contributed by atoms with Gasteiger partial charge < -0.3 is 24.6 Å². The first-order valence-corrected chi connectivity index (χ1v) is 13.8. The molecule has 0 radical (unpaired) electrons. The Morgan fingerprint density at radius 2 is 2.03 bits per heavy atom. The summed E-state index contributed by atoms with van der Waals surface area (Å²) in [6, 6.07) is 9.40. The van der Waals surface area contributed by atoms with E-state index >= 15 is 0 Å².